The van der Waals surface area contributed by atoms with E-state index in [0.29, 0.717) is 0 Å². The van der Waals surface area contributed by atoms with Crippen molar-refractivity contribution in [1.29, 1.82) is 0 Å². The third-order valence-electron chi connectivity index (χ3n) is 3.68. The van der Waals surface area contributed by atoms with Gasteiger partial charge in [-0.3, -0.25) is 10.1 Å². The maximum atomic E-state index is 14.2. The smallest absolute Gasteiger partial charge is 0.339 e. The number of esters is 1. The SMILES string of the molecule is C=C/C(=C\C(=C/C)OC(=O)C(=C)Cc1cccc([N+](=O)[O-])c1F)Oc1ncccn1. The fraction of sp³-hybridized carbons (Fsp3) is 0.0952. The van der Waals surface area contributed by atoms with Gasteiger partial charge >= 0.3 is 17.7 Å². The Morgan fingerprint density at radius 2 is 1.97 bits per heavy atom. The standard InChI is InChI=1S/C21H18FN3O5/c1-4-16(13-17(5-2)30-21-23-10-7-11-24-21)29-20(26)14(3)12-15-8-6-9-18(19(15)22)25(27)28/h4-11,13H,2-3,12H2,1H3/b16-4+,17-13+. The van der Waals surface area contributed by atoms with Crippen molar-refractivity contribution >= 4 is 11.7 Å². The molecule has 30 heavy (non-hydrogen) atoms. The number of hydrogen-bond donors (Lipinski definition) is 0. The second-order valence-corrected chi connectivity index (χ2v) is 5.75. The molecule has 0 fully saturated rings. The predicted octanol–water partition coefficient (Wildman–Crippen LogP) is 4.22. The largest absolute Gasteiger partial charge is 0.424 e. The highest BCUT2D eigenvalue weighted by molar-refractivity contribution is 5.89. The monoisotopic (exact) mass is 411 g/mol. The molecule has 1 aromatic heterocycles. The van der Waals surface area contributed by atoms with Crippen LogP contribution in [0.25, 0.3) is 0 Å². The molecular formula is C21H18FN3O5. The average molecular weight is 411 g/mol. The highest BCUT2D eigenvalue weighted by Crippen LogP contribution is 2.22. The molecule has 0 atom stereocenters. The van der Waals surface area contributed by atoms with Crippen LogP contribution in [0, 0.1) is 15.9 Å². The van der Waals surface area contributed by atoms with E-state index in [4.69, 9.17) is 9.47 Å². The van der Waals surface area contributed by atoms with Crippen molar-refractivity contribution in [3.63, 3.8) is 0 Å². The van der Waals surface area contributed by atoms with Gasteiger partial charge in [-0.15, -0.1) is 0 Å². The summed E-state index contributed by atoms with van der Waals surface area (Å²) in [4.78, 5) is 30.2. The summed E-state index contributed by atoms with van der Waals surface area (Å²) in [6.45, 7) is 8.83. The molecule has 0 bridgehead atoms. The Hall–Kier alpha value is -4.14. The van der Waals surface area contributed by atoms with Crippen molar-refractivity contribution in [2.45, 2.75) is 13.3 Å². The molecule has 0 unspecified atom stereocenters. The van der Waals surface area contributed by atoms with Gasteiger partial charge in [-0.1, -0.05) is 25.3 Å². The number of aromatic nitrogens is 2. The second kappa shape index (κ2) is 10.4. The first-order chi connectivity index (χ1) is 14.3. The van der Waals surface area contributed by atoms with Crippen molar-refractivity contribution in [3.05, 3.63) is 107 Å². The number of nitrogens with zero attached hydrogens (tertiary/aromatic N) is 3. The van der Waals surface area contributed by atoms with Crippen molar-refractivity contribution in [1.82, 2.24) is 9.97 Å². The van der Waals surface area contributed by atoms with Crippen LogP contribution >= 0.6 is 0 Å². The molecule has 0 saturated carbocycles. The molecular weight excluding hydrogens is 393 g/mol. The lowest BCUT2D eigenvalue weighted by atomic mass is 10.1. The molecule has 2 aromatic rings. The molecule has 0 aliphatic rings. The summed E-state index contributed by atoms with van der Waals surface area (Å²) in [6.07, 6.45) is 7.00. The van der Waals surface area contributed by atoms with Crippen molar-refractivity contribution in [3.8, 4) is 6.01 Å². The molecule has 1 heterocycles. The molecule has 0 aliphatic heterocycles. The number of benzene rings is 1. The van der Waals surface area contributed by atoms with Gasteiger partial charge in [0, 0.05) is 36.5 Å². The summed E-state index contributed by atoms with van der Waals surface area (Å²) in [7, 11) is 0. The number of carbonyl (C=O) groups is 1. The summed E-state index contributed by atoms with van der Waals surface area (Å²) in [5, 5.41) is 10.8. The van der Waals surface area contributed by atoms with Crippen LogP contribution < -0.4 is 4.74 Å². The van der Waals surface area contributed by atoms with E-state index in [-0.39, 0.29) is 35.1 Å². The zero-order chi connectivity index (χ0) is 22.1. The van der Waals surface area contributed by atoms with Gasteiger partial charge in [0.1, 0.15) is 11.5 Å². The number of carbonyl (C=O) groups excluding carboxylic acids is 1. The van der Waals surface area contributed by atoms with E-state index in [1.165, 1.54) is 42.8 Å². The fourth-order valence-corrected chi connectivity index (χ4v) is 2.21. The molecule has 0 spiro atoms. The van der Waals surface area contributed by atoms with Gasteiger partial charge in [0.2, 0.25) is 5.82 Å². The molecule has 9 heteroatoms. The lowest BCUT2D eigenvalue weighted by Crippen LogP contribution is -2.10. The van der Waals surface area contributed by atoms with Gasteiger partial charge in [-0.05, 0) is 30.7 Å². The predicted molar refractivity (Wildman–Crippen MR) is 107 cm³/mol. The van der Waals surface area contributed by atoms with Crippen LogP contribution in [0.4, 0.5) is 10.1 Å². The van der Waals surface area contributed by atoms with E-state index in [9.17, 15) is 19.3 Å². The Kier molecular flexibility index (Phi) is 7.69. The number of ether oxygens (including phenoxy) is 2. The number of hydrogen-bond acceptors (Lipinski definition) is 7. The van der Waals surface area contributed by atoms with Crippen LogP contribution in [-0.2, 0) is 16.0 Å². The summed E-state index contributed by atoms with van der Waals surface area (Å²) >= 11 is 0. The van der Waals surface area contributed by atoms with Gasteiger partial charge in [0.05, 0.1) is 4.92 Å². The van der Waals surface area contributed by atoms with Crippen LogP contribution in [0.5, 0.6) is 6.01 Å². The number of allylic oxidation sites excluding steroid dienone is 3. The topological polar surface area (TPSA) is 104 Å². The minimum absolute atomic E-state index is 0.0416. The van der Waals surface area contributed by atoms with Gasteiger partial charge in [-0.2, -0.15) is 4.39 Å². The molecule has 0 saturated heterocycles. The third-order valence-corrected chi connectivity index (χ3v) is 3.68. The average Bonchev–Trinajstić information content (AvgIpc) is 2.74. The summed E-state index contributed by atoms with van der Waals surface area (Å²) in [5.41, 5.74) is -0.809. The van der Waals surface area contributed by atoms with Gasteiger partial charge in [0.25, 0.3) is 0 Å². The number of nitro groups is 1. The zero-order valence-corrected chi connectivity index (χ0v) is 16.1. The fourth-order valence-electron chi connectivity index (χ4n) is 2.21. The summed E-state index contributed by atoms with van der Waals surface area (Å²) in [5.74, 6) is -1.51. The lowest BCUT2D eigenvalue weighted by molar-refractivity contribution is -0.387. The Balaban J connectivity index is 2.09. The van der Waals surface area contributed by atoms with Crippen molar-refractivity contribution in [2.24, 2.45) is 0 Å². The van der Waals surface area contributed by atoms with E-state index < -0.39 is 22.4 Å². The van der Waals surface area contributed by atoms with E-state index in [1.54, 1.807) is 13.0 Å². The molecule has 154 valence electrons. The molecule has 0 N–H and O–H groups in total. The Labute approximate surface area is 171 Å². The van der Waals surface area contributed by atoms with Crippen LogP contribution in [-0.4, -0.2) is 20.9 Å². The van der Waals surface area contributed by atoms with E-state index in [2.05, 4.69) is 23.1 Å². The summed E-state index contributed by atoms with van der Waals surface area (Å²) < 4.78 is 24.9. The van der Waals surface area contributed by atoms with E-state index >= 15 is 0 Å². The first-order valence-electron chi connectivity index (χ1n) is 8.62. The normalized spacial score (nSPS) is 11.5. The van der Waals surface area contributed by atoms with E-state index in [0.717, 1.165) is 6.07 Å². The minimum atomic E-state index is -1.02. The van der Waals surface area contributed by atoms with Crippen LogP contribution in [0.1, 0.15) is 12.5 Å². The van der Waals surface area contributed by atoms with Gasteiger partial charge < -0.3 is 9.47 Å². The van der Waals surface area contributed by atoms with Crippen LogP contribution in [0.2, 0.25) is 0 Å². The van der Waals surface area contributed by atoms with Gasteiger partial charge in [0.15, 0.2) is 0 Å². The quantitative estimate of drug-likeness (QED) is 0.152. The minimum Gasteiger partial charge on any atom is -0.424 e. The van der Waals surface area contributed by atoms with Crippen LogP contribution in [0.3, 0.4) is 0 Å². The first kappa shape index (κ1) is 22.2. The molecule has 2 rings (SSSR count). The molecule has 8 nitrogen and oxygen atoms in total. The summed E-state index contributed by atoms with van der Waals surface area (Å²) in [6, 6.07) is 5.40. The van der Waals surface area contributed by atoms with Crippen molar-refractivity contribution < 1.29 is 23.6 Å². The Morgan fingerprint density at radius 1 is 1.27 bits per heavy atom. The highest BCUT2D eigenvalue weighted by atomic mass is 19.1. The number of halogens is 1. The Morgan fingerprint density at radius 3 is 2.57 bits per heavy atom. The van der Waals surface area contributed by atoms with Crippen LogP contribution in [0.15, 0.2) is 85.1 Å². The first-order valence-corrected chi connectivity index (χ1v) is 8.62. The molecule has 0 radical (unpaired) electrons. The molecule has 1 aromatic carbocycles. The zero-order valence-electron chi connectivity index (χ0n) is 16.1. The van der Waals surface area contributed by atoms with E-state index in [1.807, 2.05) is 0 Å². The van der Waals surface area contributed by atoms with Crippen molar-refractivity contribution in [2.75, 3.05) is 0 Å². The second-order valence-electron chi connectivity index (χ2n) is 5.75. The lowest BCUT2D eigenvalue weighted by Gasteiger charge is -2.10. The Bertz CT molecular complexity index is 1030. The molecule has 0 amide bonds. The third kappa shape index (κ3) is 5.93. The maximum Gasteiger partial charge on any atom is 0.339 e. The molecule has 0 aliphatic carbocycles. The van der Waals surface area contributed by atoms with Gasteiger partial charge in [-0.25, -0.2) is 14.8 Å². The maximum absolute atomic E-state index is 14.2. The number of rotatable bonds is 9. The highest BCUT2D eigenvalue weighted by Gasteiger charge is 2.20. The number of nitro benzene ring substituents is 1.